The average molecular weight is 267 g/mol. The van der Waals surface area contributed by atoms with Gasteiger partial charge in [-0.1, -0.05) is 6.92 Å². The summed E-state index contributed by atoms with van der Waals surface area (Å²) in [5, 5.41) is 11.8. The zero-order chi connectivity index (χ0) is 14.3. The van der Waals surface area contributed by atoms with Gasteiger partial charge >= 0.3 is 5.97 Å². The van der Waals surface area contributed by atoms with Crippen LogP contribution in [0.2, 0.25) is 0 Å². The lowest BCUT2D eigenvalue weighted by Gasteiger charge is -2.25. The Morgan fingerprint density at radius 2 is 2.26 bits per heavy atom. The Hall–Kier alpha value is -1.85. The lowest BCUT2D eigenvalue weighted by atomic mass is 9.99. The maximum atomic E-state index is 10.6. The van der Waals surface area contributed by atoms with Crippen LogP contribution in [0.5, 0.6) is 5.88 Å². The molecule has 0 aromatic carbocycles. The molecule has 6 nitrogen and oxygen atoms in total. The summed E-state index contributed by atoms with van der Waals surface area (Å²) < 4.78 is 5.42. The molecule has 0 saturated carbocycles. The summed E-state index contributed by atoms with van der Waals surface area (Å²) >= 11 is 0. The Labute approximate surface area is 113 Å². The molecule has 1 aromatic heterocycles. The summed E-state index contributed by atoms with van der Waals surface area (Å²) in [5.41, 5.74) is -0.387. The van der Waals surface area contributed by atoms with Crippen molar-refractivity contribution in [3.63, 3.8) is 0 Å². The number of aromatic nitrogens is 2. The second kappa shape index (κ2) is 6.92. The van der Waals surface area contributed by atoms with Gasteiger partial charge in [-0.25, -0.2) is 4.98 Å². The first-order chi connectivity index (χ1) is 8.93. The quantitative estimate of drug-likeness (QED) is 0.752. The van der Waals surface area contributed by atoms with Crippen molar-refractivity contribution in [2.45, 2.75) is 45.6 Å². The third-order valence-corrected chi connectivity index (χ3v) is 2.50. The molecule has 0 spiro atoms. The number of nitrogens with one attached hydrogen (secondary N) is 1. The fraction of sp³-hybridized carbons (Fsp3) is 0.615. The van der Waals surface area contributed by atoms with Crippen LogP contribution in [0.3, 0.4) is 0 Å². The topological polar surface area (TPSA) is 84.3 Å². The van der Waals surface area contributed by atoms with Crippen LogP contribution in [0.1, 0.15) is 40.0 Å². The van der Waals surface area contributed by atoms with Crippen LogP contribution in [0.4, 0.5) is 5.95 Å². The number of nitrogens with zero attached hydrogens (tertiary/aromatic N) is 2. The van der Waals surface area contributed by atoms with Gasteiger partial charge in [-0.2, -0.15) is 4.98 Å². The highest BCUT2D eigenvalue weighted by atomic mass is 16.5. The Morgan fingerprint density at radius 3 is 2.89 bits per heavy atom. The molecule has 2 N–H and O–H groups in total. The summed E-state index contributed by atoms with van der Waals surface area (Å²) in [5.74, 6) is 0.160. The SMILES string of the molecule is CCCOc1ccnc(NC(C)(C)CCC(=O)O)n1. The van der Waals surface area contributed by atoms with Crippen LogP contribution in [-0.2, 0) is 4.79 Å². The van der Waals surface area contributed by atoms with E-state index in [9.17, 15) is 4.79 Å². The molecule has 0 aliphatic carbocycles. The van der Waals surface area contributed by atoms with E-state index in [2.05, 4.69) is 15.3 Å². The number of anilines is 1. The molecule has 106 valence electrons. The molecule has 1 aromatic rings. The molecule has 0 aliphatic heterocycles. The van der Waals surface area contributed by atoms with Gasteiger partial charge in [-0.15, -0.1) is 0 Å². The minimum Gasteiger partial charge on any atom is -0.481 e. The van der Waals surface area contributed by atoms with Gasteiger partial charge in [0.2, 0.25) is 11.8 Å². The zero-order valence-electron chi connectivity index (χ0n) is 11.6. The van der Waals surface area contributed by atoms with Gasteiger partial charge < -0.3 is 15.2 Å². The summed E-state index contributed by atoms with van der Waals surface area (Å²) in [4.78, 5) is 18.9. The number of carbonyl (C=O) groups is 1. The first-order valence-corrected chi connectivity index (χ1v) is 6.39. The highest BCUT2D eigenvalue weighted by Crippen LogP contribution is 2.18. The van der Waals surface area contributed by atoms with Crippen molar-refractivity contribution in [3.8, 4) is 5.88 Å². The van der Waals surface area contributed by atoms with Gasteiger partial charge in [0.05, 0.1) is 6.61 Å². The Bertz CT molecular complexity index is 421. The molecule has 0 bridgehead atoms. The number of hydrogen-bond donors (Lipinski definition) is 2. The van der Waals surface area contributed by atoms with Gasteiger partial charge in [0.1, 0.15) is 0 Å². The van der Waals surface area contributed by atoms with E-state index < -0.39 is 5.97 Å². The maximum absolute atomic E-state index is 10.6. The number of carboxylic acids is 1. The van der Waals surface area contributed by atoms with Crippen LogP contribution in [-0.4, -0.2) is 33.2 Å². The van der Waals surface area contributed by atoms with Crippen LogP contribution in [0.15, 0.2) is 12.3 Å². The first kappa shape index (κ1) is 15.2. The van der Waals surface area contributed by atoms with Crippen molar-refractivity contribution >= 4 is 11.9 Å². The summed E-state index contributed by atoms with van der Waals surface area (Å²) in [6, 6.07) is 1.70. The molecule has 0 radical (unpaired) electrons. The minimum absolute atomic E-state index is 0.103. The van der Waals surface area contributed by atoms with Crippen molar-refractivity contribution < 1.29 is 14.6 Å². The molecule has 6 heteroatoms. The van der Waals surface area contributed by atoms with E-state index in [1.807, 2.05) is 20.8 Å². The number of carboxylic acid groups (broad SMARTS) is 1. The monoisotopic (exact) mass is 267 g/mol. The smallest absolute Gasteiger partial charge is 0.303 e. The van der Waals surface area contributed by atoms with E-state index in [0.29, 0.717) is 24.9 Å². The minimum atomic E-state index is -0.809. The number of rotatable bonds is 8. The van der Waals surface area contributed by atoms with Gasteiger partial charge in [-0.3, -0.25) is 4.79 Å². The Balaban J connectivity index is 2.62. The van der Waals surface area contributed by atoms with E-state index in [4.69, 9.17) is 9.84 Å². The van der Waals surface area contributed by atoms with E-state index in [1.165, 1.54) is 0 Å². The van der Waals surface area contributed by atoms with E-state index >= 15 is 0 Å². The highest BCUT2D eigenvalue weighted by molar-refractivity contribution is 5.66. The second-order valence-corrected chi connectivity index (χ2v) is 4.97. The first-order valence-electron chi connectivity index (χ1n) is 6.39. The lowest BCUT2D eigenvalue weighted by molar-refractivity contribution is -0.137. The molecule has 1 rings (SSSR count). The molecule has 19 heavy (non-hydrogen) atoms. The molecule has 1 heterocycles. The maximum Gasteiger partial charge on any atom is 0.303 e. The van der Waals surface area contributed by atoms with Crippen molar-refractivity contribution in [3.05, 3.63) is 12.3 Å². The molecule has 0 saturated heterocycles. The summed E-state index contributed by atoms with van der Waals surface area (Å²) in [7, 11) is 0. The molecule has 0 aliphatic rings. The van der Waals surface area contributed by atoms with E-state index in [0.717, 1.165) is 6.42 Å². The average Bonchev–Trinajstić information content (AvgIpc) is 2.34. The molecular formula is C13H21N3O3. The molecular weight excluding hydrogens is 246 g/mol. The standard InChI is InChI=1S/C13H21N3O3/c1-4-9-19-10-6-8-14-12(15-10)16-13(2,3)7-5-11(17)18/h6,8H,4-5,7,9H2,1-3H3,(H,17,18)(H,14,15,16). The Morgan fingerprint density at radius 1 is 1.53 bits per heavy atom. The zero-order valence-corrected chi connectivity index (χ0v) is 11.6. The lowest BCUT2D eigenvalue weighted by Crippen LogP contribution is -2.32. The normalized spacial score (nSPS) is 11.1. The predicted molar refractivity (Wildman–Crippen MR) is 72.4 cm³/mol. The fourth-order valence-corrected chi connectivity index (χ4v) is 1.47. The summed E-state index contributed by atoms with van der Waals surface area (Å²) in [6.45, 7) is 6.46. The van der Waals surface area contributed by atoms with Crippen LogP contribution < -0.4 is 10.1 Å². The second-order valence-electron chi connectivity index (χ2n) is 4.97. The number of aliphatic carboxylic acids is 1. The third-order valence-electron chi connectivity index (χ3n) is 2.50. The van der Waals surface area contributed by atoms with Crippen molar-refractivity contribution in [1.29, 1.82) is 0 Å². The third kappa shape index (κ3) is 6.03. The van der Waals surface area contributed by atoms with Crippen molar-refractivity contribution in [2.24, 2.45) is 0 Å². The molecule has 0 fully saturated rings. The van der Waals surface area contributed by atoms with Crippen LogP contribution >= 0.6 is 0 Å². The number of ether oxygens (including phenoxy) is 1. The van der Waals surface area contributed by atoms with Crippen LogP contribution in [0, 0.1) is 0 Å². The Kier molecular flexibility index (Phi) is 5.54. The predicted octanol–water partition coefficient (Wildman–Crippen LogP) is 2.32. The summed E-state index contributed by atoms with van der Waals surface area (Å²) in [6.07, 6.45) is 3.13. The van der Waals surface area contributed by atoms with Crippen molar-refractivity contribution in [1.82, 2.24) is 9.97 Å². The number of hydrogen-bond acceptors (Lipinski definition) is 5. The van der Waals surface area contributed by atoms with Gasteiger partial charge in [0.25, 0.3) is 0 Å². The molecule has 0 unspecified atom stereocenters. The highest BCUT2D eigenvalue weighted by Gasteiger charge is 2.20. The van der Waals surface area contributed by atoms with Gasteiger partial charge in [-0.05, 0) is 26.7 Å². The van der Waals surface area contributed by atoms with E-state index in [-0.39, 0.29) is 12.0 Å². The largest absolute Gasteiger partial charge is 0.481 e. The van der Waals surface area contributed by atoms with Gasteiger partial charge in [0, 0.05) is 24.2 Å². The molecule has 0 atom stereocenters. The molecule has 0 amide bonds. The van der Waals surface area contributed by atoms with Crippen LogP contribution in [0.25, 0.3) is 0 Å². The fourth-order valence-electron chi connectivity index (χ4n) is 1.47. The van der Waals surface area contributed by atoms with E-state index in [1.54, 1.807) is 12.3 Å². The van der Waals surface area contributed by atoms with Crippen molar-refractivity contribution in [2.75, 3.05) is 11.9 Å². The van der Waals surface area contributed by atoms with Gasteiger partial charge in [0.15, 0.2) is 0 Å².